The Morgan fingerprint density at radius 2 is 1.87 bits per heavy atom. The van der Waals surface area contributed by atoms with Crippen molar-refractivity contribution >= 4 is 17.7 Å². The lowest BCUT2D eigenvalue weighted by Crippen LogP contribution is -2.24. The minimum Gasteiger partial charge on any atom is -0.406 e. The average molecular weight is 435 g/mol. The summed E-state index contributed by atoms with van der Waals surface area (Å²) in [7, 11) is 0. The van der Waals surface area contributed by atoms with Crippen LogP contribution in [0, 0.1) is 13.8 Å². The van der Waals surface area contributed by atoms with Gasteiger partial charge in [0, 0.05) is 24.6 Å². The Hall–Kier alpha value is -2.94. The Morgan fingerprint density at radius 1 is 1.13 bits per heavy atom. The summed E-state index contributed by atoms with van der Waals surface area (Å²) in [5, 5.41) is 3.44. The van der Waals surface area contributed by atoms with Crippen molar-refractivity contribution in [1.29, 1.82) is 0 Å². The molecule has 0 atom stereocenters. The number of rotatable bonds is 7. The second-order valence-corrected chi connectivity index (χ2v) is 7.55. The highest BCUT2D eigenvalue weighted by molar-refractivity contribution is 7.99. The number of carbonyl (C=O) groups is 1. The number of amides is 1. The van der Waals surface area contributed by atoms with Crippen molar-refractivity contribution < 1.29 is 22.7 Å². The van der Waals surface area contributed by atoms with E-state index in [2.05, 4.69) is 21.1 Å². The van der Waals surface area contributed by atoms with E-state index < -0.39 is 6.36 Å². The largest absolute Gasteiger partial charge is 0.573 e. The standard InChI is InChI=1S/C21H20F3N3O2S/c1-14-3-6-17(11-15(14)2)27-10-9-25-20(27)30-13-19(28)26-12-16-4-7-18(8-5-16)29-21(22,23)24/h3-11H,12-13H2,1-2H3,(H,26,28). The second kappa shape index (κ2) is 9.25. The predicted molar refractivity (Wildman–Crippen MR) is 109 cm³/mol. The van der Waals surface area contributed by atoms with Gasteiger partial charge in [0.1, 0.15) is 5.75 Å². The average Bonchev–Trinajstić information content (AvgIpc) is 3.15. The van der Waals surface area contributed by atoms with E-state index in [-0.39, 0.29) is 24.0 Å². The molecule has 0 bridgehead atoms. The summed E-state index contributed by atoms with van der Waals surface area (Å²) in [6.45, 7) is 4.29. The first kappa shape index (κ1) is 21.8. The van der Waals surface area contributed by atoms with Gasteiger partial charge in [-0.2, -0.15) is 0 Å². The second-order valence-electron chi connectivity index (χ2n) is 6.61. The van der Waals surface area contributed by atoms with Gasteiger partial charge in [-0.15, -0.1) is 13.2 Å². The van der Waals surface area contributed by atoms with E-state index in [1.165, 1.54) is 47.2 Å². The summed E-state index contributed by atoms with van der Waals surface area (Å²) in [6, 6.07) is 11.5. The molecule has 0 aliphatic rings. The van der Waals surface area contributed by atoms with Crippen molar-refractivity contribution in [3.63, 3.8) is 0 Å². The molecule has 0 aliphatic heterocycles. The lowest BCUT2D eigenvalue weighted by Gasteiger charge is -2.11. The predicted octanol–water partition coefficient (Wildman–Crippen LogP) is 4.80. The van der Waals surface area contributed by atoms with Crippen LogP contribution in [-0.2, 0) is 11.3 Å². The molecule has 0 fully saturated rings. The number of benzene rings is 2. The van der Waals surface area contributed by atoms with E-state index >= 15 is 0 Å². The maximum Gasteiger partial charge on any atom is 0.573 e. The van der Waals surface area contributed by atoms with E-state index in [4.69, 9.17) is 0 Å². The van der Waals surface area contributed by atoms with Gasteiger partial charge in [-0.25, -0.2) is 4.98 Å². The van der Waals surface area contributed by atoms with Gasteiger partial charge in [-0.05, 0) is 54.8 Å². The van der Waals surface area contributed by atoms with Crippen molar-refractivity contribution in [2.75, 3.05) is 5.75 Å². The van der Waals surface area contributed by atoms with Gasteiger partial charge in [-0.1, -0.05) is 30.0 Å². The molecule has 30 heavy (non-hydrogen) atoms. The van der Waals surface area contributed by atoms with Gasteiger partial charge in [0.15, 0.2) is 5.16 Å². The SMILES string of the molecule is Cc1ccc(-n2ccnc2SCC(=O)NCc2ccc(OC(F)(F)F)cc2)cc1C. The zero-order chi connectivity index (χ0) is 21.7. The van der Waals surface area contributed by atoms with Crippen molar-refractivity contribution in [3.05, 3.63) is 71.5 Å². The third kappa shape index (κ3) is 6.03. The first-order valence-corrected chi connectivity index (χ1v) is 10.0. The smallest absolute Gasteiger partial charge is 0.406 e. The van der Waals surface area contributed by atoms with Crippen molar-refractivity contribution in [3.8, 4) is 11.4 Å². The third-order valence-electron chi connectivity index (χ3n) is 4.35. The Morgan fingerprint density at radius 3 is 2.53 bits per heavy atom. The molecule has 0 radical (unpaired) electrons. The number of thioether (sulfide) groups is 1. The number of hydrogen-bond acceptors (Lipinski definition) is 4. The molecule has 0 aliphatic carbocycles. The summed E-state index contributed by atoms with van der Waals surface area (Å²) in [5.74, 6) is -0.339. The number of aromatic nitrogens is 2. The van der Waals surface area contributed by atoms with Crippen LogP contribution in [0.25, 0.3) is 5.69 Å². The van der Waals surface area contributed by atoms with Crippen LogP contribution in [0.1, 0.15) is 16.7 Å². The van der Waals surface area contributed by atoms with Crippen LogP contribution in [0.2, 0.25) is 0 Å². The fourth-order valence-electron chi connectivity index (χ4n) is 2.66. The number of nitrogens with one attached hydrogen (secondary N) is 1. The zero-order valence-corrected chi connectivity index (χ0v) is 17.2. The first-order chi connectivity index (χ1) is 14.2. The molecule has 3 aromatic rings. The molecular weight excluding hydrogens is 415 g/mol. The lowest BCUT2D eigenvalue weighted by atomic mass is 10.1. The number of halogens is 3. The summed E-state index contributed by atoms with van der Waals surface area (Å²) in [5.41, 5.74) is 4.01. The molecular formula is C21H20F3N3O2S. The van der Waals surface area contributed by atoms with E-state index in [9.17, 15) is 18.0 Å². The van der Waals surface area contributed by atoms with Crippen LogP contribution in [0.5, 0.6) is 5.75 Å². The van der Waals surface area contributed by atoms with Crippen molar-refractivity contribution in [2.45, 2.75) is 31.9 Å². The maximum atomic E-state index is 12.2. The molecule has 1 heterocycles. The number of hydrogen-bond donors (Lipinski definition) is 1. The van der Waals surface area contributed by atoms with E-state index in [1.54, 1.807) is 6.20 Å². The first-order valence-electron chi connectivity index (χ1n) is 9.06. The number of aryl methyl sites for hydroxylation is 2. The Bertz CT molecular complexity index is 1020. The van der Waals surface area contributed by atoms with E-state index in [0.29, 0.717) is 10.7 Å². The van der Waals surface area contributed by atoms with Crippen molar-refractivity contribution in [1.82, 2.24) is 14.9 Å². The minimum atomic E-state index is -4.73. The monoisotopic (exact) mass is 435 g/mol. The van der Waals surface area contributed by atoms with E-state index in [0.717, 1.165) is 5.69 Å². The molecule has 5 nitrogen and oxygen atoms in total. The van der Waals surface area contributed by atoms with Crippen LogP contribution in [0.15, 0.2) is 60.0 Å². The minimum absolute atomic E-state index is 0.164. The maximum absolute atomic E-state index is 12.2. The van der Waals surface area contributed by atoms with Crippen LogP contribution in [0.3, 0.4) is 0 Å². The van der Waals surface area contributed by atoms with Crippen LogP contribution < -0.4 is 10.1 Å². The summed E-state index contributed by atoms with van der Waals surface area (Å²) in [6.07, 6.45) is -1.20. The highest BCUT2D eigenvalue weighted by Gasteiger charge is 2.30. The number of ether oxygens (including phenoxy) is 1. The molecule has 0 spiro atoms. The molecule has 158 valence electrons. The van der Waals surface area contributed by atoms with Gasteiger partial charge in [-0.3, -0.25) is 9.36 Å². The van der Waals surface area contributed by atoms with E-state index in [1.807, 2.05) is 36.7 Å². The fourth-order valence-corrected chi connectivity index (χ4v) is 3.46. The summed E-state index contributed by atoms with van der Waals surface area (Å²) >= 11 is 1.31. The molecule has 1 N–H and O–H groups in total. The number of carbonyl (C=O) groups excluding carboxylic acids is 1. The molecule has 1 amide bonds. The Balaban J connectivity index is 1.52. The van der Waals surface area contributed by atoms with Gasteiger partial charge in [0.2, 0.25) is 5.91 Å². The van der Waals surface area contributed by atoms with Crippen LogP contribution in [-0.4, -0.2) is 27.6 Å². The zero-order valence-electron chi connectivity index (χ0n) is 16.4. The van der Waals surface area contributed by atoms with Crippen molar-refractivity contribution in [2.24, 2.45) is 0 Å². The highest BCUT2D eigenvalue weighted by Crippen LogP contribution is 2.23. The van der Waals surface area contributed by atoms with Crippen LogP contribution >= 0.6 is 11.8 Å². The van der Waals surface area contributed by atoms with Gasteiger partial charge >= 0.3 is 6.36 Å². The molecule has 1 aromatic heterocycles. The molecule has 0 saturated carbocycles. The van der Waals surface area contributed by atoms with Gasteiger partial charge in [0.05, 0.1) is 5.75 Å². The van der Waals surface area contributed by atoms with Gasteiger partial charge in [0.25, 0.3) is 0 Å². The molecule has 3 rings (SSSR count). The lowest BCUT2D eigenvalue weighted by molar-refractivity contribution is -0.274. The number of alkyl halides is 3. The quantitative estimate of drug-likeness (QED) is 0.542. The molecule has 2 aromatic carbocycles. The summed E-state index contributed by atoms with van der Waals surface area (Å²) in [4.78, 5) is 16.5. The number of imidazole rings is 1. The topological polar surface area (TPSA) is 56.2 Å². The molecule has 0 unspecified atom stereocenters. The molecule has 0 saturated heterocycles. The molecule has 9 heteroatoms. The van der Waals surface area contributed by atoms with Gasteiger partial charge < -0.3 is 10.1 Å². The number of nitrogens with zero attached hydrogens (tertiary/aromatic N) is 2. The Labute approximate surface area is 176 Å². The Kier molecular flexibility index (Phi) is 6.71. The highest BCUT2D eigenvalue weighted by atomic mass is 32.2. The van der Waals surface area contributed by atoms with Crippen LogP contribution in [0.4, 0.5) is 13.2 Å². The third-order valence-corrected chi connectivity index (χ3v) is 5.32. The fraction of sp³-hybridized carbons (Fsp3) is 0.238. The summed E-state index contributed by atoms with van der Waals surface area (Å²) < 4.78 is 42.3. The normalized spacial score (nSPS) is 11.4.